The molecule has 2 heterocycles. The van der Waals surface area contributed by atoms with Crippen LogP contribution in [-0.2, 0) is 4.74 Å². The molecule has 2 aliphatic heterocycles. The molecule has 1 saturated carbocycles. The summed E-state index contributed by atoms with van der Waals surface area (Å²) >= 11 is 0. The van der Waals surface area contributed by atoms with Crippen LogP contribution in [0.15, 0.2) is 0 Å². The Morgan fingerprint density at radius 1 is 1.25 bits per heavy atom. The van der Waals surface area contributed by atoms with Crippen molar-refractivity contribution in [2.75, 3.05) is 19.6 Å². The molecule has 2 saturated heterocycles. The molecular formula is C17H32N2O. The average Bonchev–Trinajstić information content (AvgIpc) is 3.05. The van der Waals surface area contributed by atoms with E-state index in [4.69, 9.17) is 4.74 Å². The van der Waals surface area contributed by atoms with Gasteiger partial charge in [0.1, 0.15) is 0 Å². The molecule has 0 amide bonds. The zero-order valence-corrected chi connectivity index (χ0v) is 13.4. The summed E-state index contributed by atoms with van der Waals surface area (Å²) in [5, 5.41) is 3.69. The van der Waals surface area contributed by atoms with Crippen LogP contribution in [0.4, 0.5) is 0 Å². The van der Waals surface area contributed by atoms with E-state index >= 15 is 0 Å². The van der Waals surface area contributed by atoms with Gasteiger partial charge in [0.25, 0.3) is 0 Å². The Hall–Kier alpha value is -0.120. The number of hydrogen-bond donors (Lipinski definition) is 1. The van der Waals surface area contributed by atoms with Crippen LogP contribution in [0.2, 0.25) is 0 Å². The minimum absolute atomic E-state index is 0.296. The second kappa shape index (κ2) is 6.33. The van der Waals surface area contributed by atoms with Crippen molar-refractivity contribution in [3.05, 3.63) is 0 Å². The Balaban J connectivity index is 1.51. The summed E-state index contributed by atoms with van der Waals surface area (Å²) < 4.78 is 6.49. The normalized spacial score (nSPS) is 37.8. The van der Waals surface area contributed by atoms with Crippen LogP contribution in [0.25, 0.3) is 0 Å². The standard InChI is InChI=1S/C17H32N2O/c1-3-6-15-12-19(14(2)11-18-15)13-16-7-10-17(20-16)8-4-5-9-17/h14-16,18H,3-13H2,1-2H3. The van der Waals surface area contributed by atoms with Crippen LogP contribution in [0, 0.1) is 0 Å². The van der Waals surface area contributed by atoms with Crippen molar-refractivity contribution in [3.63, 3.8) is 0 Å². The molecule has 1 aliphatic carbocycles. The highest BCUT2D eigenvalue weighted by Crippen LogP contribution is 2.43. The van der Waals surface area contributed by atoms with Crippen LogP contribution in [0.3, 0.4) is 0 Å². The van der Waals surface area contributed by atoms with E-state index < -0.39 is 0 Å². The topological polar surface area (TPSA) is 24.5 Å². The maximum absolute atomic E-state index is 6.49. The van der Waals surface area contributed by atoms with Crippen molar-refractivity contribution < 1.29 is 4.74 Å². The first-order valence-electron chi connectivity index (χ1n) is 8.86. The van der Waals surface area contributed by atoms with Crippen LogP contribution in [0.5, 0.6) is 0 Å². The fourth-order valence-electron chi connectivity index (χ4n) is 4.46. The molecule has 20 heavy (non-hydrogen) atoms. The van der Waals surface area contributed by atoms with Crippen molar-refractivity contribution >= 4 is 0 Å². The van der Waals surface area contributed by atoms with Crippen LogP contribution in [0.1, 0.15) is 65.2 Å². The summed E-state index contributed by atoms with van der Waals surface area (Å²) in [6.07, 6.45) is 11.1. The summed E-state index contributed by atoms with van der Waals surface area (Å²) in [6, 6.07) is 1.35. The molecule has 3 fully saturated rings. The minimum atomic E-state index is 0.296. The number of rotatable bonds is 4. The van der Waals surface area contributed by atoms with E-state index in [2.05, 4.69) is 24.1 Å². The van der Waals surface area contributed by atoms with Gasteiger partial charge in [0.2, 0.25) is 0 Å². The number of piperazine rings is 1. The highest BCUT2D eigenvalue weighted by Gasteiger charge is 2.43. The highest BCUT2D eigenvalue weighted by molar-refractivity contribution is 4.94. The molecule has 1 spiro atoms. The van der Waals surface area contributed by atoms with E-state index in [-0.39, 0.29) is 0 Å². The molecule has 0 bridgehead atoms. The van der Waals surface area contributed by atoms with Gasteiger partial charge in [-0.2, -0.15) is 0 Å². The molecule has 0 aromatic rings. The molecular weight excluding hydrogens is 248 g/mol. The molecule has 116 valence electrons. The Morgan fingerprint density at radius 2 is 2.05 bits per heavy atom. The highest BCUT2D eigenvalue weighted by atomic mass is 16.5. The maximum atomic E-state index is 6.49. The van der Waals surface area contributed by atoms with Gasteiger partial charge in [-0.25, -0.2) is 0 Å². The molecule has 3 rings (SSSR count). The number of nitrogens with zero attached hydrogens (tertiary/aromatic N) is 1. The summed E-state index contributed by atoms with van der Waals surface area (Å²) in [4.78, 5) is 2.68. The Labute approximate surface area is 124 Å². The lowest BCUT2D eigenvalue weighted by molar-refractivity contribution is -0.0541. The second-order valence-electron chi connectivity index (χ2n) is 7.37. The van der Waals surface area contributed by atoms with E-state index in [9.17, 15) is 0 Å². The first kappa shape index (κ1) is 14.8. The van der Waals surface area contributed by atoms with Crippen LogP contribution >= 0.6 is 0 Å². The molecule has 3 heteroatoms. The molecule has 0 radical (unpaired) electrons. The maximum Gasteiger partial charge on any atom is 0.0710 e. The van der Waals surface area contributed by atoms with Gasteiger partial charge in [-0.1, -0.05) is 26.2 Å². The Bertz CT molecular complexity index is 314. The monoisotopic (exact) mass is 280 g/mol. The third-order valence-corrected chi connectivity index (χ3v) is 5.71. The van der Waals surface area contributed by atoms with Gasteiger partial charge in [0, 0.05) is 31.7 Å². The zero-order chi connectivity index (χ0) is 14.0. The van der Waals surface area contributed by atoms with Gasteiger partial charge in [0.15, 0.2) is 0 Å². The number of hydrogen-bond acceptors (Lipinski definition) is 3. The number of ether oxygens (including phenoxy) is 1. The molecule has 3 unspecified atom stereocenters. The van der Waals surface area contributed by atoms with Gasteiger partial charge in [0.05, 0.1) is 11.7 Å². The van der Waals surface area contributed by atoms with Gasteiger partial charge in [-0.15, -0.1) is 0 Å². The quantitative estimate of drug-likeness (QED) is 0.857. The van der Waals surface area contributed by atoms with Crippen molar-refractivity contribution in [2.24, 2.45) is 0 Å². The lowest BCUT2D eigenvalue weighted by atomic mass is 9.98. The summed E-state index contributed by atoms with van der Waals surface area (Å²) in [6.45, 7) is 8.15. The van der Waals surface area contributed by atoms with Gasteiger partial charge in [-0.3, -0.25) is 4.90 Å². The Morgan fingerprint density at radius 3 is 2.80 bits per heavy atom. The fraction of sp³-hybridized carbons (Fsp3) is 1.00. The summed E-state index contributed by atoms with van der Waals surface area (Å²) in [7, 11) is 0. The fourth-order valence-corrected chi connectivity index (χ4v) is 4.46. The van der Waals surface area contributed by atoms with Crippen molar-refractivity contribution in [3.8, 4) is 0 Å². The largest absolute Gasteiger partial charge is 0.370 e. The summed E-state index contributed by atoms with van der Waals surface area (Å²) in [5.74, 6) is 0. The van der Waals surface area contributed by atoms with E-state index in [1.165, 1.54) is 57.9 Å². The van der Waals surface area contributed by atoms with E-state index in [1.807, 2.05) is 0 Å². The lowest BCUT2D eigenvalue weighted by Crippen LogP contribution is -2.56. The first-order valence-corrected chi connectivity index (χ1v) is 8.86. The van der Waals surface area contributed by atoms with Crippen molar-refractivity contribution in [1.29, 1.82) is 0 Å². The van der Waals surface area contributed by atoms with Gasteiger partial charge in [-0.05, 0) is 39.0 Å². The van der Waals surface area contributed by atoms with Crippen LogP contribution < -0.4 is 5.32 Å². The molecule has 3 aliphatic rings. The predicted molar refractivity (Wildman–Crippen MR) is 83.0 cm³/mol. The molecule has 0 aromatic heterocycles. The second-order valence-corrected chi connectivity index (χ2v) is 7.37. The van der Waals surface area contributed by atoms with E-state index in [1.54, 1.807) is 0 Å². The molecule has 3 atom stereocenters. The molecule has 3 nitrogen and oxygen atoms in total. The predicted octanol–water partition coefficient (Wildman–Crippen LogP) is 2.94. The first-order chi connectivity index (χ1) is 9.71. The molecule has 1 N–H and O–H groups in total. The minimum Gasteiger partial charge on any atom is -0.370 e. The lowest BCUT2D eigenvalue weighted by Gasteiger charge is -2.40. The van der Waals surface area contributed by atoms with Crippen molar-refractivity contribution in [1.82, 2.24) is 10.2 Å². The van der Waals surface area contributed by atoms with E-state index in [0.29, 0.717) is 23.8 Å². The third kappa shape index (κ3) is 3.20. The SMILES string of the molecule is CCCC1CN(CC2CCC3(CCCC3)O2)C(C)CN1. The third-order valence-electron chi connectivity index (χ3n) is 5.71. The number of nitrogens with one attached hydrogen (secondary N) is 1. The summed E-state index contributed by atoms with van der Waals surface area (Å²) in [5.41, 5.74) is 0.296. The van der Waals surface area contributed by atoms with Crippen molar-refractivity contribution in [2.45, 2.75) is 89.0 Å². The average molecular weight is 280 g/mol. The van der Waals surface area contributed by atoms with Gasteiger partial charge >= 0.3 is 0 Å². The Kier molecular flexibility index (Phi) is 4.68. The zero-order valence-electron chi connectivity index (χ0n) is 13.4. The van der Waals surface area contributed by atoms with Crippen LogP contribution in [-0.4, -0.2) is 48.3 Å². The van der Waals surface area contributed by atoms with Gasteiger partial charge < -0.3 is 10.1 Å². The van der Waals surface area contributed by atoms with E-state index in [0.717, 1.165) is 13.1 Å². The smallest absolute Gasteiger partial charge is 0.0710 e. The molecule has 0 aromatic carbocycles.